The predicted molar refractivity (Wildman–Crippen MR) is 67.2 cm³/mol. The molecule has 0 bridgehead atoms. The summed E-state index contributed by atoms with van der Waals surface area (Å²) in [6.45, 7) is 1.56. The van der Waals surface area contributed by atoms with Gasteiger partial charge >= 0.3 is 12.1 Å². The van der Waals surface area contributed by atoms with Crippen LogP contribution in [0, 0.1) is 11.8 Å². The van der Waals surface area contributed by atoms with Crippen molar-refractivity contribution in [3.05, 3.63) is 35.4 Å². The van der Waals surface area contributed by atoms with Gasteiger partial charge in [0, 0.05) is 0 Å². The molecule has 1 saturated carbocycles. The van der Waals surface area contributed by atoms with Crippen molar-refractivity contribution in [2.24, 2.45) is 11.8 Å². The molecule has 0 saturated heterocycles. The zero-order valence-electron chi connectivity index (χ0n) is 11.1. The van der Waals surface area contributed by atoms with E-state index in [0.29, 0.717) is 5.56 Å². The van der Waals surface area contributed by atoms with Gasteiger partial charge in [0.2, 0.25) is 5.91 Å². The number of rotatable bonds is 4. The molecule has 4 nitrogen and oxygen atoms in total. The van der Waals surface area contributed by atoms with Crippen LogP contribution in [0.15, 0.2) is 24.3 Å². The maximum atomic E-state index is 12.6. The molecule has 3 atom stereocenters. The number of carboxylic acids is 1. The molecule has 0 aliphatic heterocycles. The van der Waals surface area contributed by atoms with Crippen LogP contribution in [0.2, 0.25) is 0 Å². The number of benzene rings is 1. The van der Waals surface area contributed by atoms with Crippen LogP contribution in [-0.4, -0.2) is 17.0 Å². The summed E-state index contributed by atoms with van der Waals surface area (Å²) in [4.78, 5) is 22.5. The lowest BCUT2D eigenvalue weighted by Crippen LogP contribution is -2.29. The summed E-state index contributed by atoms with van der Waals surface area (Å²) in [5.41, 5.74) is -0.457. The van der Waals surface area contributed by atoms with Crippen molar-refractivity contribution < 1.29 is 27.9 Å². The summed E-state index contributed by atoms with van der Waals surface area (Å²) in [6.07, 6.45) is -4.17. The number of hydrogen-bond acceptors (Lipinski definition) is 2. The van der Waals surface area contributed by atoms with Crippen molar-refractivity contribution in [3.8, 4) is 0 Å². The Balaban J connectivity index is 2.02. The second-order valence-electron chi connectivity index (χ2n) is 5.14. The zero-order chi connectivity index (χ0) is 15.8. The summed E-state index contributed by atoms with van der Waals surface area (Å²) in [5, 5.41) is 11.3. The molecule has 21 heavy (non-hydrogen) atoms. The molecule has 1 amide bonds. The molecule has 0 heterocycles. The predicted octanol–water partition coefficient (Wildman–Crippen LogP) is 2.60. The maximum absolute atomic E-state index is 12.6. The minimum absolute atomic E-state index is 0.274. The Morgan fingerprint density at radius 3 is 2.52 bits per heavy atom. The van der Waals surface area contributed by atoms with Crippen LogP contribution in [0.3, 0.4) is 0 Å². The van der Waals surface area contributed by atoms with Gasteiger partial charge in [-0.1, -0.05) is 12.1 Å². The molecule has 2 rings (SSSR count). The molecule has 0 radical (unpaired) electrons. The first-order valence-corrected chi connectivity index (χ1v) is 6.40. The van der Waals surface area contributed by atoms with E-state index in [1.165, 1.54) is 12.1 Å². The van der Waals surface area contributed by atoms with Crippen molar-refractivity contribution in [1.82, 2.24) is 5.32 Å². The molecular weight excluding hydrogens is 287 g/mol. The minimum Gasteiger partial charge on any atom is -0.481 e. The first-order chi connectivity index (χ1) is 9.70. The number of carbonyl (C=O) groups is 2. The fraction of sp³-hybridized carbons (Fsp3) is 0.429. The van der Waals surface area contributed by atoms with E-state index in [2.05, 4.69) is 5.32 Å². The Labute approximate surface area is 119 Å². The number of aliphatic carboxylic acids is 1. The molecule has 7 heteroatoms. The van der Waals surface area contributed by atoms with Crippen LogP contribution in [0.4, 0.5) is 13.2 Å². The highest BCUT2D eigenvalue weighted by molar-refractivity contribution is 5.89. The summed E-state index contributed by atoms with van der Waals surface area (Å²) < 4.78 is 37.9. The third-order valence-corrected chi connectivity index (χ3v) is 3.52. The molecule has 114 valence electrons. The average molecular weight is 301 g/mol. The van der Waals surface area contributed by atoms with Gasteiger partial charge in [0.15, 0.2) is 0 Å². The summed E-state index contributed by atoms with van der Waals surface area (Å²) in [7, 11) is 0. The van der Waals surface area contributed by atoms with Crippen molar-refractivity contribution in [1.29, 1.82) is 0 Å². The number of carboxylic acid groups (broad SMARTS) is 1. The largest absolute Gasteiger partial charge is 0.481 e. The Morgan fingerprint density at radius 1 is 1.33 bits per heavy atom. The Morgan fingerprint density at radius 2 is 2.00 bits per heavy atom. The summed E-state index contributed by atoms with van der Waals surface area (Å²) in [6, 6.07) is 4.08. The lowest BCUT2D eigenvalue weighted by molar-refractivity contribution is -0.140. The lowest BCUT2D eigenvalue weighted by atomic mass is 10.0. The van der Waals surface area contributed by atoms with E-state index in [0.717, 1.165) is 12.1 Å². The SMILES string of the molecule is C[C@H](NC(=O)[C@H]1C[C@@H]1C(=O)O)c1cccc(C(F)(F)F)c1. The Hall–Kier alpha value is -2.05. The van der Waals surface area contributed by atoms with E-state index in [4.69, 9.17) is 5.11 Å². The van der Waals surface area contributed by atoms with Crippen molar-refractivity contribution in [2.75, 3.05) is 0 Å². The molecule has 1 aliphatic carbocycles. The van der Waals surface area contributed by atoms with Crippen LogP contribution in [-0.2, 0) is 15.8 Å². The fourth-order valence-electron chi connectivity index (χ4n) is 2.15. The van der Waals surface area contributed by atoms with Gasteiger partial charge in [-0.15, -0.1) is 0 Å². The van der Waals surface area contributed by atoms with Gasteiger partial charge in [0.25, 0.3) is 0 Å². The number of nitrogens with one attached hydrogen (secondary N) is 1. The van der Waals surface area contributed by atoms with Crippen LogP contribution < -0.4 is 5.32 Å². The molecule has 1 fully saturated rings. The third-order valence-electron chi connectivity index (χ3n) is 3.52. The maximum Gasteiger partial charge on any atom is 0.416 e. The molecular formula is C14H14F3NO3. The molecule has 1 aromatic rings. The van der Waals surface area contributed by atoms with E-state index >= 15 is 0 Å². The van der Waals surface area contributed by atoms with E-state index in [9.17, 15) is 22.8 Å². The minimum atomic E-state index is -4.44. The van der Waals surface area contributed by atoms with Gasteiger partial charge in [-0.05, 0) is 31.0 Å². The topological polar surface area (TPSA) is 66.4 Å². The second-order valence-corrected chi connectivity index (χ2v) is 5.14. The monoisotopic (exact) mass is 301 g/mol. The molecule has 2 N–H and O–H groups in total. The van der Waals surface area contributed by atoms with Gasteiger partial charge in [-0.3, -0.25) is 9.59 Å². The van der Waals surface area contributed by atoms with Crippen molar-refractivity contribution >= 4 is 11.9 Å². The Bertz CT molecular complexity index is 571. The van der Waals surface area contributed by atoms with Gasteiger partial charge in [-0.25, -0.2) is 0 Å². The standard InChI is InChI=1S/C14H14F3NO3/c1-7(18-12(19)10-6-11(10)13(20)21)8-3-2-4-9(5-8)14(15,16)17/h2-5,7,10-11H,6H2,1H3,(H,18,19)(H,20,21)/t7-,10-,11-/m0/s1. The van der Waals surface area contributed by atoms with E-state index in [1.807, 2.05) is 0 Å². The van der Waals surface area contributed by atoms with Gasteiger partial charge < -0.3 is 10.4 Å². The van der Waals surface area contributed by atoms with Crippen LogP contribution in [0.25, 0.3) is 0 Å². The molecule has 0 spiro atoms. The highest BCUT2D eigenvalue weighted by atomic mass is 19.4. The molecule has 0 unspecified atom stereocenters. The fourth-order valence-corrected chi connectivity index (χ4v) is 2.15. The highest BCUT2D eigenvalue weighted by Crippen LogP contribution is 2.39. The quantitative estimate of drug-likeness (QED) is 0.898. The van der Waals surface area contributed by atoms with Crippen molar-refractivity contribution in [2.45, 2.75) is 25.6 Å². The van der Waals surface area contributed by atoms with E-state index in [-0.39, 0.29) is 6.42 Å². The van der Waals surface area contributed by atoms with Crippen LogP contribution in [0.1, 0.15) is 30.5 Å². The van der Waals surface area contributed by atoms with Crippen LogP contribution in [0.5, 0.6) is 0 Å². The number of carbonyl (C=O) groups excluding carboxylic acids is 1. The zero-order valence-corrected chi connectivity index (χ0v) is 11.1. The van der Waals surface area contributed by atoms with E-state index in [1.54, 1.807) is 6.92 Å². The summed E-state index contributed by atoms with van der Waals surface area (Å²) >= 11 is 0. The highest BCUT2D eigenvalue weighted by Gasteiger charge is 2.48. The number of alkyl halides is 3. The second kappa shape index (κ2) is 5.38. The number of hydrogen-bond donors (Lipinski definition) is 2. The molecule has 0 aromatic heterocycles. The van der Waals surface area contributed by atoms with Gasteiger partial charge in [0.05, 0.1) is 23.4 Å². The Kier molecular flexibility index (Phi) is 3.93. The molecule has 1 aliphatic rings. The van der Waals surface area contributed by atoms with Gasteiger partial charge in [-0.2, -0.15) is 13.2 Å². The number of amides is 1. The van der Waals surface area contributed by atoms with Gasteiger partial charge in [0.1, 0.15) is 0 Å². The lowest BCUT2D eigenvalue weighted by Gasteiger charge is -2.16. The average Bonchev–Trinajstić information content (AvgIpc) is 3.18. The first kappa shape index (κ1) is 15.3. The smallest absolute Gasteiger partial charge is 0.416 e. The van der Waals surface area contributed by atoms with Crippen LogP contribution >= 0.6 is 0 Å². The number of halogens is 3. The van der Waals surface area contributed by atoms with E-state index < -0.39 is 41.5 Å². The molecule has 1 aromatic carbocycles. The first-order valence-electron chi connectivity index (χ1n) is 6.40. The van der Waals surface area contributed by atoms with Crippen molar-refractivity contribution in [3.63, 3.8) is 0 Å². The normalized spacial score (nSPS) is 22.5. The third kappa shape index (κ3) is 3.53. The summed E-state index contributed by atoms with van der Waals surface area (Å²) in [5.74, 6) is -2.73.